The van der Waals surface area contributed by atoms with Crippen LogP contribution in [0.3, 0.4) is 0 Å². The van der Waals surface area contributed by atoms with E-state index < -0.39 is 5.60 Å². The molecule has 0 spiro atoms. The van der Waals surface area contributed by atoms with Crippen molar-refractivity contribution in [3.05, 3.63) is 23.9 Å². The lowest BCUT2D eigenvalue weighted by molar-refractivity contribution is 0.0872. The maximum atomic E-state index is 10.9. The minimum absolute atomic E-state index is 0.446. The maximum Gasteiger partial charge on any atom is 0.153 e. The monoisotopic (exact) mass is 222 g/mol. The molecule has 1 rings (SSSR count). The van der Waals surface area contributed by atoms with Crippen molar-refractivity contribution in [3.8, 4) is 0 Å². The van der Waals surface area contributed by atoms with Gasteiger partial charge in [-0.1, -0.05) is 0 Å². The Bertz CT molecular complexity index is 358. The first kappa shape index (κ1) is 12.6. The zero-order chi connectivity index (χ0) is 12.2. The molecule has 1 aromatic heterocycles. The number of nitrogens with zero attached hydrogens (tertiary/aromatic N) is 2. The largest absolute Gasteiger partial charge is 0.389 e. The topological polar surface area (TPSA) is 53.4 Å². The minimum atomic E-state index is -0.812. The van der Waals surface area contributed by atoms with Crippen LogP contribution in [0.25, 0.3) is 0 Å². The molecule has 0 radical (unpaired) electrons. The standard InChI is InChI=1S/C12H18N2O2/c1-4-14(9-12(2,3)16)11-10(8-15)6-5-7-13-11/h5-8,16H,4,9H2,1-3H3. The Kier molecular flexibility index (Phi) is 4.01. The van der Waals surface area contributed by atoms with E-state index in [4.69, 9.17) is 0 Å². The van der Waals surface area contributed by atoms with Crippen LogP contribution in [-0.2, 0) is 0 Å². The Labute approximate surface area is 95.9 Å². The van der Waals surface area contributed by atoms with E-state index in [0.717, 1.165) is 6.29 Å². The highest BCUT2D eigenvalue weighted by atomic mass is 16.3. The molecular weight excluding hydrogens is 204 g/mol. The van der Waals surface area contributed by atoms with E-state index in [0.29, 0.717) is 24.5 Å². The summed E-state index contributed by atoms with van der Waals surface area (Å²) in [5.74, 6) is 0.627. The number of pyridine rings is 1. The van der Waals surface area contributed by atoms with Crippen molar-refractivity contribution in [2.24, 2.45) is 0 Å². The van der Waals surface area contributed by atoms with Crippen molar-refractivity contribution < 1.29 is 9.90 Å². The second kappa shape index (κ2) is 5.07. The smallest absolute Gasteiger partial charge is 0.153 e. The van der Waals surface area contributed by atoms with Crippen LogP contribution >= 0.6 is 0 Å². The molecule has 4 nitrogen and oxygen atoms in total. The maximum absolute atomic E-state index is 10.9. The fraction of sp³-hybridized carbons (Fsp3) is 0.500. The SMILES string of the molecule is CCN(CC(C)(C)O)c1ncccc1C=O. The summed E-state index contributed by atoms with van der Waals surface area (Å²) in [5, 5.41) is 9.79. The number of carbonyl (C=O) groups is 1. The lowest BCUT2D eigenvalue weighted by Crippen LogP contribution is -2.39. The molecule has 1 N–H and O–H groups in total. The van der Waals surface area contributed by atoms with Gasteiger partial charge in [0.05, 0.1) is 11.2 Å². The van der Waals surface area contributed by atoms with Gasteiger partial charge in [-0.3, -0.25) is 4.79 Å². The lowest BCUT2D eigenvalue weighted by atomic mass is 10.1. The number of aromatic nitrogens is 1. The normalized spacial score (nSPS) is 11.2. The van der Waals surface area contributed by atoms with Crippen molar-refractivity contribution >= 4 is 12.1 Å². The summed E-state index contributed by atoms with van der Waals surface area (Å²) < 4.78 is 0. The van der Waals surface area contributed by atoms with Crippen molar-refractivity contribution in [2.45, 2.75) is 26.4 Å². The van der Waals surface area contributed by atoms with Gasteiger partial charge in [-0.05, 0) is 32.9 Å². The average molecular weight is 222 g/mol. The predicted octanol–water partition coefficient (Wildman–Crippen LogP) is 1.49. The van der Waals surface area contributed by atoms with Gasteiger partial charge < -0.3 is 10.0 Å². The lowest BCUT2D eigenvalue weighted by Gasteiger charge is -2.29. The summed E-state index contributed by atoms with van der Waals surface area (Å²) >= 11 is 0. The first-order valence-corrected chi connectivity index (χ1v) is 5.35. The Morgan fingerprint density at radius 1 is 1.56 bits per heavy atom. The van der Waals surface area contributed by atoms with Gasteiger partial charge in [0.15, 0.2) is 6.29 Å². The van der Waals surface area contributed by atoms with E-state index in [9.17, 15) is 9.90 Å². The van der Waals surface area contributed by atoms with E-state index in [2.05, 4.69) is 4.98 Å². The summed E-state index contributed by atoms with van der Waals surface area (Å²) in [6.07, 6.45) is 2.44. The molecule has 0 bridgehead atoms. The third kappa shape index (κ3) is 3.31. The van der Waals surface area contributed by atoms with Gasteiger partial charge in [-0.25, -0.2) is 4.98 Å². The third-order valence-corrected chi connectivity index (χ3v) is 2.20. The van der Waals surface area contributed by atoms with E-state index in [1.165, 1.54) is 0 Å². The molecule has 88 valence electrons. The van der Waals surface area contributed by atoms with Crippen LogP contribution in [0.1, 0.15) is 31.1 Å². The fourth-order valence-corrected chi connectivity index (χ4v) is 1.57. The molecule has 0 aliphatic rings. The number of aldehydes is 1. The number of rotatable bonds is 5. The van der Waals surface area contributed by atoms with Gasteiger partial charge in [-0.2, -0.15) is 0 Å². The zero-order valence-corrected chi connectivity index (χ0v) is 9.97. The molecule has 0 aliphatic carbocycles. The van der Waals surface area contributed by atoms with Crippen LogP contribution in [-0.4, -0.2) is 35.1 Å². The van der Waals surface area contributed by atoms with Crippen molar-refractivity contribution in [3.63, 3.8) is 0 Å². The van der Waals surface area contributed by atoms with Crippen molar-refractivity contribution in [2.75, 3.05) is 18.0 Å². The second-order valence-electron chi connectivity index (χ2n) is 4.36. The second-order valence-corrected chi connectivity index (χ2v) is 4.36. The molecular formula is C12H18N2O2. The molecule has 0 saturated heterocycles. The van der Waals surface area contributed by atoms with Gasteiger partial charge in [0, 0.05) is 19.3 Å². The molecule has 4 heteroatoms. The van der Waals surface area contributed by atoms with Gasteiger partial charge in [0.25, 0.3) is 0 Å². The van der Waals surface area contributed by atoms with Crippen molar-refractivity contribution in [1.29, 1.82) is 0 Å². The molecule has 0 aliphatic heterocycles. The number of carbonyl (C=O) groups excluding carboxylic acids is 1. The van der Waals surface area contributed by atoms with Gasteiger partial charge in [0.2, 0.25) is 0 Å². The van der Waals surface area contributed by atoms with Gasteiger partial charge >= 0.3 is 0 Å². The van der Waals surface area contributed by atoms with E-state index in [1.807, 2.05) is 11.8 Å². The number of anilines is 1. The van der Waals surface area contributed by atoms with Crippen LogP contribution in [0.2, 0.25) is 0 Å². The quantitative estimate of drug-likeness (QED) is 0.767. The molecule has 0 saturated carbocycles. The van der Waals surface area contributed by atoms with Crippen LogP contribution in [0, 0.1) is 0 Å². The third-order valence-electron chi connectivity index (χ3n) is 2.20. The number of hydrogen-bond acceptors (Lipinski definition) is 4. The average Bonchev–Trinajstić information content (AvgIpc) is 2.24. The molecule has 0 amide bonds. The molecule has 0 fully saturated rings. The van der Waals surface area contributed by atoms with Crippen LogP contribution in [0.5, 0.6) is 0 Å². The molecule has 0 unspecified atom stereocenters. The molecule has 16 heavy (non-hydrogen) atoms. The fourth-order valence-electron chi connectivity index (χ4n) is 1.57. The molecule has 1 heterocycles. The highest BCUT2D eigenvalue weighted by Gasteiger charge is 2.19. The first-order valence-electron chi connectivity index (χ1n) is 5.35. The number of likely N-dealkylation sites (N-methyl/N-ethyl adjacent to an activating group) is 1. The first-order chi connectivity index (χ1) is 7.48. The van der Waals surface area contributed by atoms with Gasteiger partial charge in [-0.15, -0.1) is 0 Å². The minimum Gasteiger partial charge on any atom is -0.389 e. The predicted molar refractivity (Wildman–Crippen MR) is 63.8 cm³/mol. The highest BCUT2D eigenvalue weighted by Crippen LogP contribution is 2.17. The Hall–Kier alpha value is -1.42. The Morgan fingerprint density at radius 3 is 2.75 bits per heavy atom. The van der Waals surface area contributed by atoms with Gasteiger partial charge in [0.1, 0.15) is 5.82 Å². The van der Waals surface area contributed by atoms with Crippen LogP contribution in [0.4, 0.5) is 5.82 Å². The summed E-state index contributed by atoms with van der Waals surface area (Å²) in [7, 11) is 0. The van der Waals surface area contributed by atoms with Crippen LogP contribution < -0.4 is 4.90 Å². The summed E-state index contributed by atoms with van der Waals surface area (Å²) in [6, 6.07) is 3.45. The number of aliphatic hydroxyl groups is 1. The van der Waals surface area contributed by atoms with E-state index >= 15 is 0 Å². The summed E-state index contributed by atoms with van der Waals surface area (Å²) in [6.45, 7) is 6.58. The zero-order valence-electron chi connectivity index (χ0n) is 9.97. The molecule has 0 aromatic carbocycles. The Balaban J connectivity index is 2.99. The molecule has 1 aromatic rings. The summed E-state index contributed by atoms with van der Waals surface area (Å²) in [5.41, 5.74) is -0.262. The van der Waals surface area contributed by atoms with E-state index in [1.54, 1.807) is 32.2 Å². The Morgan fingerprint density at radius 2 is 2.25 bits per heavy atom. The van der Waals surface area contributed by atoms with Crippen LogP contribution in [0.15, 0.2) is 18.3 Å². The highest BCUT2D eigenvalue weighted by molar-refractivity contribution is 5.82. The van der Waals surface area contributed by atoms with E-state index in [-0.39, 0.29) is 0 Å². The summed E-state index contributed by atoms with van der Waals surface area (Å²) in [4.78, 5) is 17.0. The number of hydrogen-bond donors (Lipinski definition) is 1. The molecule has 0 atom stereocenters. The van der Waals surface area contributed by atoms with Crippen molar-refractivity contribution in [1.82, 2.24) is 4.98 Å².